The second kappa shape index (κ2) is 8.08. The standard InChI is InChI=1S/C18H29NO6S/c1-6-7-8-24-10-15-11(2)16(25-14(5)21)9-17-18(15)12(3)19(13(4)20)26(17,22)23/h9,11-12,15,17-18H,6-8,10H2,1-5H3/t11-,12+,15-,17-,18-/m0/s1. The van der Waals surface area contributed by atoms with Crippen molar-refractivity contribution in [2.45, 2.75) is 58.8 Å². The van der Waals surface area contributed by atoms with E-state index in [1.54, 1.807) is 6.92 Å². The number of unbranched alkanes of at least 4 members (excludes halogenated alkanes) is 1. The molecule has 0 aromatic heterocycles. The number of fused-ring (bicyclic) bond motifs is 1. The van der Waals surface area contributed by atoms with Crippen LogP contribution in [0.3, 0.4) is 0 Å². The molecule has 0 spiro atoms. The summed E-state index contributed by atoms with van der Waals surface area (Å²) in [7, 11) is -3.84. The predicted octanol–water partition coefficient (Wildman–Crippen LogP) is 2.08. The molecule has 0 unspecified atom stereocenters. The summed E-state index contributed by atoms with van der Waals surface area (Å²) in [4.78, 5) is 23.4. The summed E-state index contributed by atoms with van der Waals surface area (Å²) in [6.45, 7) is 9.27. The lowest BCUT2D eigenvalue weighted by Gasteiger charge is -2.37. The number of hydrogen-bond donors (Lipinski definition) is 0. The number of nitrogens with zero attached hydrogens (tertiary/aromatic N) is 1. The summed E-state index contributed by atoms with van der Waals surface area (Å²) in [5.41, 5.74) is 0. The lowest BCUT2D eigenvalue weighted by molar-refractivity contribution is -0.138. The van der Waals surface area contributed by atoms with Crippen molar-refractivity contribution in [3.05, 3.63) is 11.8 Å². The molecular weight excluding hydrogens is 358 g/mol. The van der Waals surface area contributed by atoms with Crippen LogP contribution in [0.5, 0.6) is 0 Å². The number of esters is 1. The fourth-order valence-electron chi connectivity index (χ4n) is 4.13. The third-order valence-electron chi connectivity index (χ3n) is 5.36. The van der Waals surface area contributed by atoms with Gasteiger partial charge in [-0.05, 0) is 25.3 Å². The molecule has 8 heteroatoms. The van der Waals surface area contributed by atoms with Crippen molar-refractivity contribution in [2.75, 3.05) is 13.2 Å². The maximum Gasteiger partial charge on any atom is 0.307 e. The highest BCUT2D eigenvalue weighted by Gasteiger charge is 2.57. The number of carbonyl (C=O) groups excluding carboxylic acids is 2. The van der Waals surface area contributed by atoms with E-state index in [1.165, 1.54) is 19.9 Å². The molecule has 0 bridgehead atoms. The van der Waals surface area contributed by atoms with Crippen LogP contribution in [0.2, 0.25) is 0 Å². The van der Waals surface area contributed by atoms with Gasteiger partial charge in [-0.25, -0.2) is 12.7 Å². The lowest BCUT2D eigenvalue weighted by atomic mass is 9.72. The molecule has 26 heavy (non-hydrogen) atoms. The Morgan fingerprint density at radius 3 is 2.42 bits per heavy atom. The van der Waals surface area contributed by atoms with Crippen LogP contribution < -0.4 is 0 Å². The van der Waals surface area contributed by atoms with Gasteiger partial charge in [-0.2, -0.15) is 0 Å². The van der Waals surface area contributed by atoms with Gasteiger partial charge < -0.3 is 9.47 Å². The molecule has 1 aliphatic heterocycles. The van der Waals surface area contributed by atoms with E-state index in [2.05, 4.69) is 6.92 Å². The van der Waals surface area contributed by atoms with Gasteiger partial charge in [0.05, 0.1) is 6.61 Å². The molecule has 1 amide bonds. The average Bonchev–Trinajstić information content (AvgIpc) is 2.72. The average molecular weight is 387 g/mol. The van der Waals surface area contributed by atoms with Gasteiger partial charge in [-0.1, -0.05) is 20.3 Å². The molecule has 5 atom stereocenters. The Bertz CT molecular complexity index is 686. The Balaban J connectivity index is 2.40. The minimum atomic E-state index is -3.84. The van der Waals surface area contributed by atoms with Crippen molar-refractivity contribution in [2.24, 2.45) is 17.8 Å². The third kappa shape index (κ3) is 3.81. The minimum Gasteiger partial charge on any atom is -0.431 e. The van der Waals surface area contributed by atoms with Crippen molar-refractivity contribution in [1.82, 2.24) is 4.31 Å². The number of sulfonamides is 1. The largest absolute Gasteiger partial charge is 0.431 e. The highest BCUT2D eigenvalue weighted by molar-refractivity contribution is 7.90. The van der Waals surface area contributed by atoms with Crippen molar-refractivity contribution >= 4 is 21.9 Å². The number of hydrogen-bond acceptors (Lipinski definition) is 6. The molecule has 7 nitrogen and oxygen atoms in total. The van der Waals surface area contributed by atoms with Gasteiger partial charge in [0.15, 0.2) is 0 Å². The molecule has 0 N–H and O–H groups in total. The van der Waals surface area contributed by atoms with Crippen LogP contribution >= 0.6 is 0 Å². The molecule has 0 radical (unpaired) electrons. The van der Waals surface area contributed by atoms with Gasteiger partial charge in [-0.3, -0.25) is 9.59 Å². The van der Waals surface area contributed by atoms with Crippen LogP contribution in [0.25, 0.3) is 0 Å². The predicted molar refractivity (Wildman–Crippen MR) is 96.4 cm³/mol. The summed E-state index contributed by atoms with van der Waals surface area (Å²) in [6.07, 6.45) is 3.44. The third-order valence-corrected chi connectivity index (χ3v) is 7.64. The number of rotatable bonds is 6. The Morgan fingerprint density at radius 1 is 1.23 bits per heavy atom. The molecule has 0 aromatic carbocycles. The maximum absolute atomic E-state index is 12.9. The van der Waals surface area contributed by atoms with Gasteiger partial charge in [0.25, 0.3) is 0 Å². The quantitative estimate of drug-likeness (QED) is 0.512. The first-order valence-corrected chi connectivity index (χ1v) is 10.6. The van der Waals surface area contributed by atoms with Crippen molar-refractivity contribution in [3.63, 3.8) is 0 Å². The van der Waals surface area contributed by atoms with E-state index in [0.29, 0.717) is 19.0 Å². The second-order valence-corrected chi connectivity index (χ2v) is 9.15. The molecule has 1 heterocycles. The molecule has 2 rings (SSSR count). The first-order valence-electron chi connectivity index (χ1n) is 9.14. The van der Waals surface area contributed by atoms with E-state index in [4.69, 9.17) is 9.47 Å². The SMILES string of the molecule is CCCCOC[C@@H]1[C@@H]2[C@@H](C)N(C(C)=O)S(=O)(=O)[C@H]2C=C(OC(C)=O)[C@H]1C. The molecule has 1 saturated heterocycles. The normalized spacial score (nSPS) is 32.7. The van der Waals surface area contributed by atoms with Crippen LogP contribution in [0, 0.1) is 17.8 Å². The highest BCUT2D eigenvalue weighted by atomic mass is 32.2. The van der Waals surface area contributed by atoms with E-state index in [1.807, 2.05) is 6.92 Å². The monoisotopic (exact) mass is 387 g/mol. The first kappa shape index (κ1) is 20.9. The van der Waals surface area contributed by atoms with Gasteiger partial charge in [0.1, 0.15) is 11.0 Å². The Kier molecular flexibility index (Phi) is 6.50. The number of ether oxygens (including phenoxy) is 2. The number of carbonyl (C=O) groups is 2. The molecular formula is C18H29NO6S. The summed E-state index contributed by atoms with van der Waals surface area (Å²) in [5.74, 6) is -1.26. The van der Waals surface area contributed by atoms with E-state index in [0.717, 1.165) is 17.1 Å². The van der Waals surface area contributed by atoms with Crippen molar-refractivity contribution in [1.29, 1.82) is 0 Å². The van der Waals surface area contributed by atoms with Crippen LogP contribution in [0.15, 0.2) is 11.8 Å². The van der Waals surface area contributed by atoms with Crippen LogP contribution in [-0.2, 0) is 29.1 Å². The van der Waals surface area contributed by atoms with Crippen LogP contribution in [0.4, 0.5) is 0 Å². The second-order valence-electron chi connectivity index (χ2n) is 7.19. The highest BCUT2D eigenvalue weighted by Crippen LogP contribution is 2.47. The van der Waals surface area contributed by atoms with Crippen LogP contribution in [0.1, 0.15) is 47.5 Å². The first-order chi connectivity index (χ1) is 12.1. The maximum atomic E-state index is 12.9. The number of amides is 1. The molecule has 0 aromatic rings. The smallest absolute Gasteiger partial charge is 0.307 e. The Morgan fingerprint density at radius 2 is 1.88 bits per heavy atom. The van der Waals surface area contributed by atoms with E-state index in [9.17, 15) is 18.0 Å². The zero-order valence-electron chi connectivity index (χ0n) is 16.1. The molecule has 0 saturated carbocycles. The van der Waals surface area contributed by atoms with Gasteiger partial charge in [0, 0.05) is 38.3 Å². The Hall–Kier alpha value is -1.41. The van der Waals surface area contributed by atoms with Crippen LogP contribution in [-0.4, -0.2) is 49.1 Å². The van der Waals surface area contributed by atoms with E-state index < -0.39 is 33.2 Å². The molecule has 148 valence electrons. The zero-order chi connectivity index (χ0) is 19.6. The number of allylic oxidation sites excluding steroid dienone is 1. The fourth-order valence-corrected chi connectivity index (χ4v) is 6.49. The minimum absolute atomic E-state index is 0.162. The van der Waals surface area contributed by atoms with Gasteiger partial charge in [0.2, 0.25) is 15.9 Å². The molecule has 1 aliphatic carbocycles. The zero-order valence-corrected chi connectivity index (χ0v) is 16.9. The topological polar surface area (TPSA) is 90.0 Å². The Labute approximate surface area is 155 Å². The summed E-state index contributed by atoms with van der Waals surface area (Å²) < 4.78 is 37.9. The van der Waals surface area contributed by atoms with E-state index in [-0.39, 0.29) is 17.8 Å². The van der Waals surface area contributed by atoms with Crippen molar-refractivity contribution < 1.29 is 27.5 Å². The fraction of sp³-hybridized carbons (Fsp3) is 0.778. The van der Waals surface area contributed by atoms with Crippen molar-refractivity contribution in [3.8, 4) is 0 Å². The van der Waals surface area contributed by atoms with E-state index >= 15 is 0 Å². The molecule has 2 aliphatic rings. The van der Waals surface area contributed by atoms with Gasteiger partial charge >= 0.3 is 5.97 Å². The molecule has 1 fully saturated rings. The summed E-state index contributed by atoms with van der Waals surface area (Å²) >= 11 is 0. The van der Waals surface area contributed by atoms with Gasteiger partial charge in [-0.15, -0.1) is 0 Å². The lowest BCUT2D eigenvalue weighted by Crippen LogP contribution is -2.42. The summed E-state index contributed by atoms with van der Waals surface area (Å²) in [6, 6.07) is -0.458. The summed E-state index contributed by atoms with van der Waals surface area (Å²) in [5, 5.41) is -0.883.